The van der Waals surface area contributed by atoms with Gasteiger partial charge in [0.1, 0.15) is 16.9 Å². The van der Waals surface area contributed by atoms with Crippen LogP contribution in [0.25, 0.3) is 27.5 Å². The fraction of sp³-hybridized carbons (Fsp3) is 0. The average Bonchev–Trinajstić information content (AvgIpc) is 3.00. The molecule has 0 aliphatic heterocycles. The molecule has 0 saturated carbocycles. The number of benzene rings is 3. The van der Waals surface area contributed by atoms with Gasteiger partial charge in [0, 0.05) is 16.3 Å². The van der Waals surface area contributed by atoms with Crippen molar-refractivity contribution in [1.82, 2.24) is 0 Å². The van der Waals surface area contributed by atoms with E-state index in [1.807, 2.05) is 60.7 Å². The van der Waals surface area contributed by atoms with Gasteiger partial charge in [-0.05, 0) is 18.2 Å². The van der Waals surface area contributed by atoms with Crippen LogP contribution in [0, 0.1) is 0 Å². The van der Waals surface area contributed by atoms with Crippen LogP contribution in [0.5, 0.6) is 5.75 Å². The second kappa shape index (κ2) is 5.70. The van der Waals surface area contributed by atoms with E-state index in [2.05, 4.69) is 6.58 Å². The fourth-order valence-corrected chi connectivity index (χ4v) is 2.75. The predicted octanol–water partition coefficient (Wildman–Crippen LogP) is 5.20. The fourth-order valence-electron chi connectivity index (χ4n) is 2.75. The highest BCUT2D eigenvalue weighted by Crippen LogP contribution is 2.33. The minimum absolute atomic E-state index is 0.267. The normalized spacial score (nSPS) is 10.8. The highest BCUT2D eigenvalue weighted by Gasteiger charge is 2.18. The minimum atomic E-state index is -0.492. The molecule has 0 unspecified atom stereocenters. The van der Waals surface area contributed by atoms with Crippen LogP contribution in [0.3, 0.4) is 0 Å². The van der Waals surface area contributed by atoms with Crippen LogP contribution in [0.2, 0.25) is 0 Å². The lowest BCUT2D eigenvalue weighted by atomic mass is 10.0. The van der Waals surface area contributed by atoms with E-state index in [4.69, 9.17) is 9.15 Å². The molecule has 0 spiro atoms. The lowest BCUT2D eigenvalue weighted by molar-refractivity contribution is -0.127. The highest BCUT2D eigenvalue weighted by atomic mass is 16.5. The molecule has 0 aliphatic rings. The molecule has 0 aliphatic carbocycles. The first-order valence-electron chi connectivity index (χ1n) is 7.61. The Labute approximate surface area is 138 Å². The van der Waals surface area contributed by atoms with Crippen molar-refractivity contribution in [2.45, 2.75) is 0 Å². The highest BCUT2D eigenvalue weighted by molar-refractivity contribution is 6.21. The zero-order chi connectivity index (χ0) is 16.5. The van der Waals surface area contributed by atoms with E-state index in [0.29, 0.717) is 16.9 Å². The maximum absolute atomic E-state index is 12.4. The van der Waals surface area contributed by atoms with Gasteiger partial charge in [0.2, 0.25) is 0 Å². The largest absolute Gasteiger partial charge is 0.455 e. The van der Waals surface area contributed by atoms with Crippen molar-refractivity contribution >= 4 is 33.5 Å². The van der Waals surface area contributed by atoms with Gasteiger partial charge in [-0.3, -0.25) is 0 Å². The Morgan fingerprint density at radius 3 is 2.38 bits per heavy atom. The van der Waals surface area contributed by atoms with E-state index in [0.717, 1.165) is 16.4 Å². The molecule has 4 aromatic rings. The third kappa shape index (κ3) is 2.36. The Bertz CT molecular complexity index is 1060. The van der Waals surface area contributed by atoms with Crippen LogP contribution >= 0.6 is 0 Å². The minimum Gasteiger partial charge on any atom is -0.455 e. The Morgan fingerprint density at radius 2 is 1.54 bits per heavy atom. The molecule has 3 nitrogen and oxygen atoms in total. The lowest BCUT2D eigenvalue weighted by Gasteiger charge is -2.07. The smallest absolute Gasteiger partial charge is 0.343 e. The monoisotopic (exact) mass is 314 g/mol. The van der Waals surface area contributed by atoms with E-state index in [1.54, 1.807) is 12.1 Å². The molecule has 1 heterocycles. The number of furan rings is 1. The molecule has 0 N–H and O–H groups in total. The summed E-state index contributed by atoms with van der Waals surface area (Å²) in [4.78, 5) is 12.4. The van der Waals surface area contributed by atoms with E-state index >= 15 is 0 Å². The molecular weight excluding hydrogens is 300 g/mol. The summed E-state index contributed by atoms with van der Waals surface area (Å²) >= 11 is 0. The van der Waals surface area contributed by atoms with Crippen LogP contribution in [-0.4, -0.2) is 5.97 Å². The summed E-state index contributed by atoms with van der Waals surface area (Å²) in [6.07, 6.45) is 0. The quantitative estimate of drug-likeness (QED) is 0.296. The summed E-state index contributed by atoms with van der Waals surface area (Å²) in [5, 5.41) is 1.97. The standard InChI is InChI=1S/C21H14O3/c1-14(21(22)23-15-8-3-2-4-9-15)16-11-7-12-18-17-10-5-6-13-19(17)24-20(16)18/h2-13H,1H2. The van der Waals surface area contributed by atoms with Crippen molar-refractivity contribution in [3.8, 4) is 5.75 Å². The van der Waals surface area contributed by atoms with Crippen LogP contribution < -0.4 is 4.74 Å². The molecule has 24 heavy (non-hydrogen) atoms. The molecule has 0 amide bonds. The number of fused-ring (bicyclic) bond motifs is 3. The van der Waals surface area contributed by atoms with Crippen LogP contribution in [0.15, 0.2) is 83.8 Å². The Kier molecular flexibility index (Phi) is 3.39. The van der Waals surface area contributed by atoms with Crippen LogP contribution in [-0.2, 0) is 4.79 Å². The Hall–Kier alpha value is -3.33. The maximum Gasteiger partial charge on any atom is 0.343 e. The molecule has 0 fully saturated rings. The van der Waals surface area contributed by atoms with Gasteiger partial charge in [-0.1, -0.05) is 61.2 Å². The topological polar surface area (TPSA) is 39.4 Å². The van der Waals surface area contributed by atoms with Gasteiger partial charge in [-0.15, -0.1) is 0 Å². The Morgan fingerprint density at radius 1 is 0.833 bits per heavy atom. The van der Waals surface area contributed by atoms with Gasteiger partial charge in [0.15, 0.2) is 0 Å². The summed E-state index contributed by atoms with van der Waals surface area (Å²) in [5.41, 5.74) is 2.34. The summed E-state index contributed by atoms with van der Waals surface area (Å²) in [7, 11) is 0. The van der Waals surface area contributed by atoms with Gasteiger partial charge in [-0.25, -0.2) is 4.79 Å². The van der Waals surface area contributed by atoms with Gasteiger partial charge < -0.3 is 9.15 Å². The van der Waals surface area contributed by atoms with E-state index < -0.39 is 5.97 Å². The third-order valence-corrected chi connectivity index (χ3v) is 3.93. The number of rotatable bonds is 3. The maximum atomic E-state index is 12.4. The lowest BCUT2D eigenvalue weighted by Crippen LogP contribution is -2.09. The number of hydrogen-bond donors (Lipinski definition) is 0. The average molecular weight is 314 g/mol. The van der Waals surface area contributed by atoms with Crippen LogP contribution in [0.1, 0.15) is 5.56 Å². The zero-order valence-corrected chi connectivity index (χ0v) is 12.9. The van der Waals surface area contributed by atoms with Crippen LogP contribution in [0.4, 0.5) is 0 Å². The molecule has 0 saturated heterocycles. The van der Waals surface area contributed by atoms with Gasteiger partial charge in [0.05, 0.1) is 5.57 Å². The third-order valence-electron chi connectivity index (χ3n) is 3.93. The van der Waals surface area contributed by atoms with Crippen molar-refractivity contribution in [1.29, 1.82) is 0 Å². The second-order valence-corrected chi connectivity index (χ2v) is 5.46. The Balaban J connectivity index is 1.75. The first-order chi connectivity index (χ1) is 11.7. The molecule has 3 aromatic carbocycles. The van der Waals surface area contributed by atoms with E-state index in [1.165, 1.54) is 0 Å². The zero-order valence-electron chi connectivity index (χ0n) is 12.9. The molecule has 0 bridgehead atoms. The number of carbonyl (C=O) groups excluding carboxylic acids is 1. The second-order valence-electron chi connectivity index (χ2n) is 5.46. The van der Waals surface area contributed by atoms with E-state index in [-0.39, 0.29) is 5.57 Å². The van der Waals surface area contributed by atoms with Gasteiger partial charge >= 0.3 is 5.97 Å². The van der Waals surface area contributed by atoms with Crippen molar-refractivity contribution in [2.24, 2.45) is 0 Å². The summed E-state index contributed by atoms with van der Waals surface area (Å²) in [6.45, 7) is 3.91. The van der Waals surface area contributed by atoms with Crippen molar-refractivity contribution in [2.75, 3.05) is 0 Å². The first-order valence-corrected chi connectivity index (χ1v) is 7.61. The predicted molar refractivity (Wildman–Crippen MR) is 94.8 cm³/mol. The number of hydrogen-bond acceptors (Lipinski definition) is 3. The number of para-hydroxylation sites is 3. The van der Waals surface area contributed by atoms with Crippen molar-refractivity contribution in [3.05, 3.63) is 84.9 Å². The summed E-state index contributed by atoms with van der Waals surface area (Å²) in [5.74, 6) is -0.00501. The number of carbonyl (C=O) groups is 1. The molecule has 0 radical (unpaired) electrons. The number of esters is 1. The number of ether oxygens (including phenoxy) is 1. The molecule has 0 atom stereocenters. The SMILES string of the molecule is C=C(C(=O)Oc1ccccc1)c1cccc2c1oc1ccccc12. The summed E-state index contributed by atoms with van der Waals surface area (Å²) < 4.78 is 11.3. The molecule has 4 rings (SSSR count). The van der Waals surface area contributed by atoms with Crippen molar-refractivity contribution in [3.63, 3.8) is 0 Å². The van der Waals surface area contributed by atoms with Crippen molar-refractivity contribution < 1.29 is 13.9 Å². The molecule has 116 valence electrons. The molecule has 1 aromatic heterocycles. The van der Waals surface area contributed by atoms with Gasteiger partial charge in [0.25, 0.3) is 0 Å². The van der Waals surface area contributed by atoms with E-state index in [9.17, 15) is 4.79 Å². The summed E-state index contributed by atoms with van der Waals surface area (Å²) in [6, 6.07) is 22.4. The first kappa shape index (κ1) is 14.3. The molecular formula is C21H14O3. The van der Waals surface area contributed by atoms with Gasteiger partial charge in [-0.2, -0.15) is 0 Å². The molecule has 3 heteroatoms.